The second kappa shape index (κ2) is 17.2. The van der Waals surface area contributed by atoms with E-state index in [1.165, 1.54) is 81.7 Å². The lowest BCUT2D eigenvalue weighted by molar-refractivity contribution is 1.07. The van der Waals surface area contributed by atoms with Gasteiger partial charge in [-0.05, 0) is 148 Å². The Balaban J connectivity index is 1.10. The third kappa shape index (κ3) is 7.60. The summed E-state index contributed by atoms with van der Waals surface area (Å²) in [7, 11) is 0. The quantitative estimate of drug-likeness (QED) is 0.0565. The van der Waals surface area contributed by atoms with E-state index in [2.05, 4.69) is 233 Å². The zero-order valence-corrected chi connectivity index (χ0v) is 35.7. The molecular formula is C62H47N. The molecular weight excluding hydrogens is 759 g/mol. The standard InChI is InChI=1S/C62H47N/c1-4-6-20-44(5-2)46-24-18-25-49(38-46)60(36-42(3)59-40-48-23-9-10-27-52(48)53-28-11-12-29-54(53)59)63-41-43-19-17-26-50(37-43)61-55-30-13-15-32-57(55)62(58-33-16-14-31-56(58)61)51-35-34-45-21-7-8-22-47(45)39-51/h4-40H,1,41H2,2-3H3/b20-6-,42-36+,44-5+,63-60+. The Labute approximate surface area is 370 Å². The van der Waals surface area contributed by atoms with E-state index in [0.717, 1.165) is 33.5 Å². The molecule has 0 spiro atoms. The predicted molar refractivity (Wildman–Crippen MR) is 275 cm³/mol. The Morgan fingerprint density at radius 1 is 0.492 bits per heavy atom. The highest BCUT2D eigenvalue weighted by Crippen LogP contribution is 2.44. The van der Waals surface area contributed by atoms with Crippen molar-refractivity contribution < 1.29 is 0 Å². The summed E-state index contributed by atoms with van der Waals surface area (Å²) in [6, 6.07) is 70.8. The van der Waals surface area contributed by atoms with Crippen LogP contribution < -0.4 is 0 Å². The van der Waals surface area contributed by atoms with E-state index in [9.17, 15) is 0 Å². The van der Waals surface area contributed by atoms with Crippen molar-refractivity contribution in [3.63, 3.8) is 0 Å². The summed E-state index contributed by atoms with van der Waals surface area (Å²) in [5, 5.41) is 12.5. The summed E-state index contributed by atoms with van der Waals surface area (Å²) in [6.45, 7) is 8.72. The third-order valence-electron chi connectivity index (χ3n) is 12.4. The molecule has 0 aromatic heterocycles. The minimum atomic E-state index is 0.521. The van der Waals surface area contributed by atoms with Gasteiger partial charge >= 0.3 is 0 Å². The first kappa shape index (κ1) is 39.3. The second-order valence-corrected chi connectivity index (χ2v) is 16.2. The largest absolute Gasteiger partial charge is 0.280 e. The minimum absolute atomic E-state index is 0.521. The van der Waals surface area contributed by atoms with E-state index in [-0.39, 0.29) is 0 Å². The Bertz CT molecular complexity index is 3460. The molecule has 0 saturated heterocycles. The number of benzene rings is 10. The van der Waals surface area contributed by atoms with E-state index >= 15 is 0 Å². The van der Waals surface area contributed by atoms with Crippen LogP contribution in [0, 0.1) is 0 Å². The van der Waals surface area contributed by atoms with Crippen LogP contribution in [0.1, 0.15) is 36.1 Å². The second-order valence-electron chi connectivity index (χ2n) is 16.2. The van der Waals surface area contributed by atoms with E-state index in [4.69, 9.17) is 4.99 Å². The molecule has 0 N–H and O–H groups in total. The molecule has 63 heavy (non-hydrogen) atoms. The highest BCUT2D eigenvalue weighted by Gasteiger charge is 2.17. The first-order valence-electron chi connectivity index (χ1n) is 21.8. The molecule has 0 amide bonds. The zero-order valence-electron chi connectivity index (χ0n) is 35.7. The highest BCUT2D eigenvalue weighted by atomic mass is 14.7. The van der Waals surface area contributed by atoms with Crippen molar-refractivity contribution in [1.29, 1.82) is 0 Å². The van der Waals surface area contributed by atoms with Gasteiger partial charge < -0.3 is 0 Å². The van der Waals surface area contributed by atoms with Crippen molar-refractivity contribution in [3.8, 4) is 22.3 Å². The number of hydrogen-bond donors (Lipinski definition) is 0. The van der Waals surface area contributed by atoms with Gasteiger partial charge in [0.15, 0.2) is 0 Å². The number of nitrogens with zero attached hydrogens (tertiary/aromatic N) is 1. The van der Waals surface area contributed by atoms with Gasteiger partial charge in [-0.1, -0.05) is 201 Å². The number of rotatable bonds is 10. The monoisotopic (exact) mass is 805 g/mol. The van der Waals surface area contributed by atoms with Crippen LogP contribution in [0.2, 0.25) is 0 Å². The number of allylic oxidation sites excluding steroid dienone is 7. The molecule has 10 aromatic carbocycles. The molecule has 0 unspecified atom stereocenters. The summed E-state index contributed by atoms with van der Waals surface area (Å²) >= 11 is 0. The Kier molecular flexibility index (Phi) is 10.8. The SMILES string of the molecule is C=C/C=C\C(=C/C)c1cccc(C(/C=C(\C)c2cc3ccccc3c3ccccc23)=N/Cc2cccc(-c3c4ccccc4c(-c4ccc5ccccc5c4)c4ccccc34)c2)c1. The van der Waals surface area contributed by atoms with Gasteiger partial charge in [0.1, 0.15) is 0 Å². The van der Waals surface area contributed by atoms with Gasteiger partial charge in [0.2, 0.25) is 0 Å². The van der Waals surface area contributed by atoms with Crippen LogP contribution in [0.15, 0.2) is 236 Å². The normalized spacial score (nSPS) is 12.6. The zero-order chi connectivity index (χ0) is 42.7. The van der Waals surface area contributed by atoms with Crippen LogP contribution in [0.25, 0.3) is 87.3 Å². The van der Waals surface area contributed by atoms with Gasteiger partial charge in [-0.25, -0.2) is 0 Å². The molecule has 0 fully saturated rings. The summed E-state index contributed by atoms with van der Waals surface area (Å²) in [6.07, 6.45) is 10.3. The van der Waals surface area contributed by atoms with Crippen LogP contribution in [-0.2, 0) is 6.54 Å². The fourth-order valence-electron chi connectivity index (χ4n) is 9.37. The fraction of sp³-hybridized carbons (Fsp3) is 0.0484. The smallest absolute Gasteiger partial charge is 0.0653 e. The summed E-state index contributed by atoms with van der Waals surface area (Å²) in [5.41, 5.74) is 12.7. The molecule has 1 nitrogen and oxygen atoms in total. The van der Waals surface area contributed by atoms with Crippen molar-refractivity contribution in [3.05, 3.63) is 253 Å². The van der Waals surface area contributed by atoms with Crippen molar-refractivity contribution in [2.24, 2.45) is 4.99 Å². The van der Waals surface area contributed by atoms with Gasteiger partial charge in [-0.2, -0.15) is 0 Å². The summed E-state index contributed by atoms with van der Waals surface area (Å²) in [4.78, 5) is 5.49. The van der Waals surface area contributed by atoms with Gasteiger partial charge in [0.05, 0.1) is 12.3 Å². The van der Waals surface area contributed by atoms with Gasteiger partial charge in [-0.3, -0.25) is 4.99 Å². The lowest BCUT2D eigenvalue weighted by Gasteiger charge is -2.18. The summed E-state index contributed by atoms with van der Waals surface area (Å²) < 4.78 is 0. The molecule has 0 aliphatic carbocycles. The first-order chi connectivity index (χ1) is 31.1. The molecule has 0 atom stereocenters. The van der Waals surface area contributed by atoms with Crippen molar-refractivity contribution in [2.75, 3.05) is 0 Å². The average Bonchev–Trinajstić information content (AvgIpc) is 3.34. The molecule has 1 heteroatoms. The fourth-order valence-corrected chi connectivity index (χ4v) is 9.37. The number of fused-ring (bicyclic) bond motifs is 6. The maximum atomic E-state index is 5.49. The lowest BCUT2D eigenvalue weighted by atomic mass is 9.85. The molecule has 10 aromatic rings. The van der Waals surface area contributed by atoms with E-state index < -0.39 is 0 Å². The maximum Gasteiger partial charge on any atom is 0.0653 e. The van der Waals surface area contributed by atoms with E-state index in [0.29, 0.717) is 6.54 Å². The maximum absolute atomic E-state index is 5.49. The van der Waals surface area contributed by atoms with Gasteiger partial charge in [0.25, 0.3) is 0 Å². The van der Waals surface area contributed by atoms with Crippen LogP contribution in [-0.4, -0.2) is 5.71 Å². The molecule has 0 aliphatic rings. The van der Waals surface area contributed by atoms with Crippen LogP contribution >= 0.6 is 0 Å². The topological polar surface area (TPSA) is 12.4 Å². The van der Waals surface area contributed by atoms with Gasteiger partial charge in [0, 0.05) is 5.56 Å². The van der Waals surface area contributed by atoms with Gasteiger partial charge in [-0.15, -0.1) is 0 Å². The van der Waals surface area contributed by atoms with E-state index in [1.54, 1.807) is 0 Å². The third-order valence-corrected chi connectivity index (χ3v) is 12.4. The van der Waals surface area contributed by atoms with Crippen LogP contribution in [0.4, 0.5) is 0 Å². The first-order valence-corrected chi connectivity index (χ1v) is 21.8. The lowest BCUT2D eigenvalue weighted by Crippen LogP contribution is -2.01. The Morgan fingerprint density at radius 3 is 1.75 bits per heavy atom. The van der Waals surface area contributed by atoms with Crippen LogP contribution in [0.5, 0.6) is 0 Å². The molecule has 0 bridgehead atoms. The van der Waals surface area contributed by atoms with E-state index in [1.807, 2.05) is 12.2 Å². The molecule has 0 saturated carbocycles. The molecule has 0 radical (unpaired) electrons. The Morgan fingerprint density at radius 2 is 1.06 bits per heavy atom. The summed E-state index contributed by atoms with van der Waals surface area (Å²) in [5.74, 6) is 0. The minimum Gasteiger partial charge on any atom is -0.280 e. The molecule has 300 valence electrons. The van der Waals surface area contributed by atoms with Crippen molar-refractivity contribution in [2.45, 2.75) is 20.4 Å². The molecule has 0 aliphatic heterocycles. The van der Waals surface area contributed by atoms with Crippen LogP contribution in [0.3, 0.4) is 0 Å². The molecule has 10 rings (SSSR count). The Hall–Kier alpha value is -7.87. The average molecular weight is 806 g/mol. The van der Waals surface area contributed by atoms with Crippen molar-refractivity contribution >= 4 is 70.7 Å². The predicted octanol–water partition coefficient (Wildman–Crippen LogP) is 17.0. The number of hydrogen-bond acceptors (Lipinski definition) is 1. The number of aliphatic imine (C=N–C) groups is 1. The molecule has 0 heterocycles. The van der Waals surface area contributed by atoms with Crippen molar-refractivity contribution in [1.82, 2.24) is 0 Å². The highest BCUT2D eigenvalue weighted by molar-refractivity contribution is 6.22.